The number of allylic oxidation sites excluding steroid dienone is 1. The van der Waals surface area contributed by atoms with Gasteiger partial charge in [-0.25, -0.2) is 4.79 Å². The first-order chi connectivity index (χ1) is 19.3. The van der Waals surface area contributed by atoms with Crippen LogP contribution in [0.4, 0.5) is 4.79 Å². The number of benzene rings is 2. The highest BCUT2D eigenvalue weighted by atomic mass is 16.5. The number of hydrogen-bond acceptors (Lipinski definition) is 8. The summed E-state index contributed by atoms with van der Waals surface area (Å²) in [6, 6.07) is 11.3. The van der Waals surface area contributed by atoms with Crippen molar-refractivity contribution in [1.82, 2.24) is 4.90 Å². The van der Waals surface area contributed by atoms with E-state index in [1.807, 2.05) is 30.3 Å². The summed E-state index contributed by atoms with van der Waals surface area (Å²) in [5, 5.41) is 22.7. The van der Waals surface area contributed by atoms with Gasteiger partial charge in [-0.2, -0.15) is 4.90 Å². The zero-order chi connectivity index (χ0) is 28.6. The molecule has 2 aromatic rings. The molecule has 5 rings (SSSR count). The van der Waals surface area contributed by atoms with Gasteiger partial charge in [-0.3, -0.25) is 9.59 Å². The van der Waals surface area contributed by atoms with Gasteiger partial charge < -0.3 is 24.3 Å². The van der Waals surface area contributed by atoms with Crippen molar-refractivity contribution >= 4 is 41.9 Å². The number of ether oxygens (including phenoxy) is 2. The lowest BCUT2D eigenvalue weighted by atomic mass is 9.58. The normalized spacial score (nSPS) is 24.9. The number of rotatable bonds is 7. The molecule has 2 aromatic carbocycles. The Bertz CT molecular complexity index is 1400. The minimum Gasteiger partial charge on any atom is -0.507 e. The fourth-order valence-electron chi connectivity index (χ4n) is 6.66. The van der Waals surface area contributed by atoms with E-state index in [1.165, 1.54) is 5.57 Å². The topological polar surface area (TPSA) is 123 Å². The minimum atomic E-state index is -1.11. The maximum atomic E-state index is 13.3. The molecule has 2 fully saturated rings. The number of fused-ring (bicyclic) bond motifs is 4. The zero-order valence-electron chi connectivity index (χ0n) is 23.0. The average molecular weight is 547 g/mol. The number of carbonyl (C=O) groups excluding carboxylic acids is 3. The van der Waals surface area contributed by atoms with Crippen LogP contribution in [0.3, 0.4) is 0 Å². The predicted molar refractivity (Wildman–Crippen MR) is 149 cm³/mol. The molecule has 9 nitrogen and oxygen atoms in total. The highest BCUT2D eigenvalue weighted by molar-refractivity contribution is 6.43. The Morgan fingerprint density at radius 1 is 1.12 bits per heavy atom. The van der Waals surface area contributed by atoms with Crippen molar-refractivity contribution in [3.8, 4) is 5.75 Å². The molecule has 3 amide bonds. The summed E-state index contributed by atoms with van der Waals surface area (Å²) in [7, 11) is 1.61. The smallest absolute Gasteiger partial charge is 0.455 e. The van der Waals surface area contributed by atoms with Crippen molar-refractivity contribution in [2.75, 3.05) is 20.8 Å². The van der Waals surface area contributed by atoms with Crippen LogP contribution in [0.25, 0.3) is 16.8 Å². The van der Waals surface area contributed by atoms with Crippen molar-refractivity contribution in [3.05, 3.63) is 58.7 Å². The highest BCUT2D eigenvalue weighted by Crippen LogP contribution is 2.50. The van der Waals surface area contributed by atoms with E-state index >= 15 is 0 Å². The van der Waals surface area contributed by atoms with Gasteiger partial charge in [-0.05, 0) is 66.1 Å². The lowest BCUT2D eigenvalue weighted by Crippen LogP contribution is -2.46. The second-order valence-electron chi connectivity index (χ2n) is 10.6. The Morgan fingerprint density at radius 2 is 1.88 bits per heavy atom. The van der Waals surface area contributed by atoms with E-state index in [9.17, 15) is 24.5 Å². The summed E-state index contributed by atoms with van der Waals surface area (Å²) in [6.07, 6.45) is 3.15. The monoisotopic (exact) mass is 547 g/mol. The first-order valence-corrected chi connectivity index (χ1v) is 13.7. The van der Waals surface area contributed by atoms with Crippen LogP contribution in [0.15, 0.2) is 53.1 Å². The van der Waals surface area contributed by atoms with E-state index in [0.717, 1.165) is 41.0 Å². The van der Waals surface area contributed by atoms with E-state index in [1.54, 1.807) is 13.2 Å². The summed E-state index contributed by atoms with van der Waals surface area (Å²) < 4.78 is 16.2. The van der Waals surface area contributed by atoms with E-state index in [4.69, 9.17) is 14.1 Å². The molecule has 2 N–H and O–H groups in total. The molecular weight excluding hydrogens is 513 g/mol. The van der Waals surface area contributed by atoms with Crippen LogP contribution in [-0.2, 0) is 23.7 Å². The first-order valence-electron chi connectivity index (χ1n) is 13.7. The molecule has 210 valence electrons. The maximum absolute atomic E-state index is 13.3. The Hall–Kier alpha value is -3.47. The third-order valence-corrected chi connectivity index (χ3v) is 8.46. The minimum absolute atomic E-state index is 0.157. The number of carbonyl (C=O) groups is 3. The Kier molecular flexibility index (Phi) is 8.12. The molecule has 0 bridgehead atoms. The fraction of sp³-hybridized carbons (Fsp3) is 0.433. The van der Waals surface area contributed by atoms with Crippen LogP contribution in [0, 0.1) is 17.8 Å². The lowest BCUT2D eigenvalue weighted by Gasteiger charge is -2.43. The number of methoxy groups -OCH3 is 2. The number of imide groups is 3. The molecule has 0 unspecified atom stereocenters. The number of aromatic hydroxyl groups is 1. The van der Waals surface area contributed by atoms with Crippen LogP contribution in [0.5, 0.6) is 5.75 Å². The molecule has 0 spiro atoms. The Morgan fingerprint density at radius 3 is 2.58 bits per heavy atom. The molecule has 3 aliphatic rings. The van der Waals surface area contributed by atoms with E-state index in [0.29, 0.717) is 17.7 Å². The summed E-state index contributed by atoms with van der Waals surface area (Å²) in [5.41, 5.74) is 3.95. The largest absolute Gasteiger partial charge is 0.507 e. The van der Waals surface area contributed by atoms with E-state index in [-0.39, 0.29) is 25.1 Å². The number of amides is 3. The summed E-state index contributed by atoms with van der Waals surface area (Å²) in [6.45, 7) is 2.35. The van der Waals surface area contributed by atoms with Gasteiger partial charge in [-0.1, -0.05) is 48.9 Å². The molecule has 1 aliphatic carbocycles. The van der Waals surface area contributed by atoms with Crippen LogP contribution in [0.1, 0.15) is 38.2 Å². The van der Waals surface area contributed by atoms with E-state index in [2.05, 4.69) is 13.0 Å². The molecular formula is C30H34BNO8. The van der Waals surface area contributed by atoms with Crippen molar-refractivity contribution in [3.63, 3.8) is 0 Å². The van der Waals surface area contributed by atoms with Crippen LogP contribution in [0.2, 0.25) is 6.32 Å². The fourth-order valence-corrected chi connectivity index (χ4v) is 6.66. The molecule has 10 heteroatoms. The molecule has 2 aliphatic heterocycles. The average Bonchev–Trinajstić information content (AvgIpc) is 3.20. The van der Waals surface area contributed by atoms with Gasteiger partial charge in [0.15, 0.2) is 0 Å². The van der Waals surface area contributed by atoms with Crippen molar-refractivity contribution in [2.45, 2.75) is 45.0 Å². The summed E-state index contributed by atoms with van der Waals surface area (Å²) >= 11 is 0. The second-order valence-corrected chi connectivity index (χ2v) is 10.6. The first kappa shape index (κ1) is 28.1. The quantitative estimate of drug-likeness (QED) is 0.299. The van der Waals surface area contributed by atoms with Crippen molar-refractivity contribution in [1.29, 1.82) is 0 Å². The van der Waals surface area contributed by atoms with Gasteiger partial charge in [0.05, 0.1) is 31.7 Å². The summed E-state index contributed by atoms with van der Waals surface area (Å²) in [5.74, 6) is -2.82. The van der Waals surface area contributed by atoms with Crippen molar-refractivity contribution < 1.29 is 38.6 Å². The lowest BCUT2D eigenvalue weighted by molar-refractivity contribution is -0.137. The van der Waals surface area contributed by atoms with Crippen LogP contribution >= 0.6 is 0 Å². The molecule has 0 saturated carbocycles. The molecule has 2 heterocycles. The molecule has 40 heavy (non-hydrogen) atoms. The van der Waals surface area contributed by atoms with Gasteiger partial charge in [-0.15, -0.1) is 0 Å². The van der Waals surface area contributed by atoms with Gasteiger partial charge in [0.1, 0.15) is 5.75 Å². The van der Waals surface area contributed by atoms with Gasteiger partial charge in [0.2, 0.25) is 11.8 Å². The molecule has 0 aromatic heterocycles. The SMILES string of the molecule is CC/C(=C\c1ccc(O)c2ccccc12)CC[C@H]1OB(O)C[C@H]2C1=C(COC)C[C@H]1C(=O)N(C(=O)OC)C(=O)[C@H]12. The zero-order valence-corrected chi connectivity index (χ0v) is 23.0. The Labute approximate surface area is 233 Å². The maximum Gasteiger partial charge on any atom is 0.455 e. The number of phenols is 1. The van der Waals surface area contributed by atoms with E-state index < -0.39 is 48.9 Å². The third-order valence-electron chi connectivity index (χ3n) is 8.46. The Balaban J connectivity index is 1.44. The molecule has 0 radical (unpaired) electrons. The van der Waals surface area contributed by atoms with Crippen LogP contribution in [-0.4, -0.2) is 67.0 Å². The summed E-state index contributed by atoms with van der Waals surface area (Å²) in [4.78, 5) is 39.3. The van der Waals surface area contributed by atoms with Gasteiger partial charge in [0, 0.05) is 12.5 Å². The van der Waals surface area contributed by atoms with Gasteiger partial charge in [0.25, 0.3) is 0 Å². The number of likely N-dealkylation sites (tertiary alicyclic amines) is 1. The number of nitrogens with zero attached hydrogens (tertiary/aromatic N) is 1. The van der Waals surface area contributed by atoms with Gasteiger partial charge >= 0.3 is 13.2 Å². The number of phenolic OH excluding ortho intramolecular Hbond substituents is 1. The highest BCUT2D eigenvalue weighted by Gasteiger charge is 2.59. The second kappa shape index (κ2) is 11.6. The van der Waals surface area contributed by atoms with Crippen LogP contribution < -0.4 is 0 Å². The molecule has 4 atom stereocenters. The number of hydrogen-bond donors (Lipinski definition) is 2. The third kappa shape index (κ3) is 4.95. The standard InChI is InChI=1S/C30H34BNO8/c1-4-17(13-18-10-11-24(33)21-8-6-5-7-20(18)21)9-12-25-26-19(16-38-2)14-22-27(23(26)15-31(37)40-25)29(35)32(28(22)34)30(36)39-3/h5-8,10-11,13,22-23,25,27,33,37H,4,9,12,14-16H2,1-3H3/b17-13+/t22-,23+,25-,27-/m1/s1. The predicted octanol–water partition coefficient (Wildman–Crippen LogP) is 4.33. The van der Waals surface area contributed by atoms with Crippen molar-refractivity contribution in [2.24, 2.45) is 17.8 Å². The molecule has 2 saturated heterocycles.